The zero-order chi connectivity index (χ0) is 13.7. The lowest BCUT2D eigenvalue weighted by Crippen LogP contribution is -1.90. The molecule has 0 spiro atoms. The minimum atomic E-state index is 0.556. The van der Waals surface area contributed by atoms with Crippen LogP contribution in [0.15, 0.2) is 47.4 Å². The van der Waals surface area contributed by atoms with E-state index < -0.39 is 0 Å². The Bertz CT molecular complexity index is 620. The van der Waals surface area contributed by atoms with Gasteiger partial charge in [0.2, 0.25) is 0 Å². The van der Waals surface area contributed by atoms with Gasteiger partial charge in [0.15, 0.2) is 0 Å². The molecule has 0 atom stereocenters. The smallest absolute Gasteiger partial charge is 0.136 e. The fraction of sp³-hybridized carbons (Fsp3) is 0.133. The molecule has 2 aromatic carbocycles. The molecule has 19 heavy (non-hydrogen) atoms. The van der Waals surface area contributed by atoms with Crippen LogP contribution in [-0.2, 0) is 5.75 Å². The van der Waals surface area contributed by atoms with Gasteiger partial charge in [-0.3, -0.25) is 0 Å². The highest BCUT2D eigenvalue weighted by Crippen LogP contribution is 2.27. The highest BCUT2D eigenvalue weighted by Gasteiger charge is 2.04. The summed E-state index contributed by atoms with van der Waals surface area (Å²) < 4.78 is 5.20. The number of thioether (sulfide) groups is 1. The number of ether oxygens (including phenoxy) is 1. The maximum absolute atomic E-state index is 8.93. The molecular formula is C15H14N2OS. The lowest BCUT2D eigenvalue weighted by Gasteiger charge is -2.06. The third-order valence-electron chi connectivity index (χ3n) is 2.65. The molecule has 0 saturated carbocycles. The monoisotopic (exact) mass is 270 g/mol. The van der Waals surface area contributed by atoms with Crippen LogP contribution >= 0.6 is 11.8 Å². The predicted molar refractivity (Wildman–Crippen MR) is 78.1 cm³/mol. The molecule has 0 saturated heterocycles. The number of anilines is 1. The van der Waals surface area contributed by atoms with E-state index in [0.717, 1.165) is 21.9 Å². The fourth-order valence-corrected chi connectivity index (χ4v) is 2.60. The molecule has 3 nitrogen and oxygen atoms in total. The molecule has 0 heterocycles. The topological polar surface area (TPSA) is 59.0 Å². The summed E-state index contributed by atoms with van der Waals surface area (Å²) in [5.41, 5.74) is 8.18. The zero-order valence-electron chi connectivity index (χ0n) is 10.6. The molecule has 0 aliphatic rings. The summed E-state index contributed by atoms with van der Waals surface area (Å²) in [6, 6.07) is 15.5. The van der Waals surface area contributed by atoms with Gasteiger partial charge in [-0.1, -0.05) is 12.1 Å². The van der Waals surface area contributed by atoms with Crippen molar-refractivity contribution in [3.05, 3.63) is 53.6 Å². The van der Waals surface area contributed by atoms with E-state index in [1.807, 2.05) is 36.4 Å². The highest BCUT2D eigenvalue weighted by molar-refractivity contribution is 7.98. The Hall–Kier alpha value is -2.12. The van der Waals surface area contributed by atoms with Crippen LogP contribution in [0.5, 0.6) is 5.75 Å². The van der Waals surface area contributed by atoms with E-state index in [9.17, 15) is 0 Å². The Morgan fingerprint density at radius 1 is 1.26 bits per heavy atom. The number of hydrogen-bond donors (Lipinski definition) is 1. The summed E-state index contributed by atoms with van der Waals surface area (Å²) in [6.45, 7) is 0. The highest BCUT2D eigenvalue weighted by atomic mass is 32.2. The first kappa shape index (κ1) is 13.3. The average molecular weight is 270 g/mol. The molecule has 0 fully saturated rings. The molecule has 2 N–H and O–H groups in total. The second-order valence-corrected chi connectivity index (χ2v) is 5.06. The van der Waals surface area contributed by atoms with Gasteiger partial charge in [0.25, 0.3) is 0 Å². The van der Waals surface area contributed by atoms with Gasteiger partial charge in [-0.05, 0) is 35.9 Å². The zero-order valence-corrected chi connectivity index (χ0v) is 11.4. The Morgan fingerprint density at radius 2 is 2.11 bits per heavy atom. The Balaban J connectivity index is 2.10. The first-order chi connectivity index (χ1) is 9.22. The molecule has 2 rings (SSSR count). The molecular weight excluding hydrogens is 256 g/mol. The average Bonchev–Trinajstić information content (AvgIpc) is 2.45. The van der Waals surface area contributed by atoms with Crippen molar-refractivity contribution in [1.82, 2.24) is 0 Å². The molecule has 0 amide bonds. The van der Waals surface area contributed by atoms with Crippen LogP contribution in [0.25, 0.3) is 0 Å². The predicted octanol–water partition coefficient (Wildman–Crippen LogP) is 3.44. The normalized spacial score (nSPS) is 9.89. The Morgan fingerprint density at radius 3 is 2.79 bits per heavy atom. The number of nitrogen functional groups attached to an aromatic ring is 1. The number of hydrogen-bond acceptors (Lipinski definition) is 4. The van der Waals surface area contributed by atoms with E-state index in [-0.39, 0.29) is 0 Å². The van der Waals surface area contributed by atoms with Crippen molar-refractivity contribution in [3.63, 3.8) is 0 Å². The van der Waals surface area contributed by atoms with E-state index in [4.69, 9.17) is 15.7 Å². The quantitative estimate of drug-likeness (QED) is 0.683. The summed E-state index contributed by atoms with van der Waals surface area (Å²) in [7, 11) is 1.57. The first-order valence-corrected chi connectivity index (χ1v) is 6.77. The van der Waals surface area contributed by atoms with Gasteiger partial charge in [0, 0.05) is 16.3 Å². The molecule has 0 unspecified atom stereocenters. The SMILES string of the molecule is COc1cc(CSc2cccc(N)c2)ccc1C#N. The maximum Gasteiger partial charge on any atom is 0.136 e. The molecule has 96 valence electrons. The third kappa shape index (κ3) is 3.43. The number of benzene rings is 2. The standard InChI is InChI=1S/C15H14N2OS/c1-18-15-7-11(5-6-12(15)9-16)10-19-14-4-2-3-13(17)8-14/h2-8H,10,17H2,1H3. The summed E-state index contributed by atoms with van der Waals surface area (Å²) in [5, 5.41) is 8.93. The lowest BCUT2D eigenvalue weighted by molar-refractivity contribution is 0.413. The number of nitrogens with zero attached hydrogens (tertiary/aromatic N) is 1. The van der Waals surface area contributed by atoms with Crippen LogP contribution < -0.4 is 10.5 Å². The number of methoxy groups -OCH3 is 1. The van der Waals surface area contributed by atoms with Crippen molar-refractivity contribution >= 4 is 17.4 Å². The van der Waals surface area contributed by atoms with E-state index in [1.54, 1.807) is 24.9 Å². The molecule has 0 aliphatic heterocycles. The van der Waals surface area contributed by atoms with E-state index in [2.05, 4.69) is 6.07 Å². The summed E-state index contributed by atoms with van der Waals surface area (Å²) >= 11 is 1.70. The third-order valence-corrected chi connectivity index (χ3v) is 3.71. The minimum Gasteiger partial charge on any atom is -0.495 e. The molecule has 0 bridgehead atoms. The number of rotatable bonds is 4. The molecule has 0 radical (unpaired) electrons. The van der Waals surface area contributed by atoms with Gasteiger partial charge in [-0.2, -0.15) is 5.26 Å². The van der Waals surface area contributed by atoms with Crippen LogP contribution in [-0.4, -0.2) is 7.11 Å². The van der Waals surface area contributed by atoms with Gasteiger partial charge in [-0.15, -0.1) is 11.8 Å². The van der Waals surface area contributed by atoms with E-state index in [1.165, 1.54) is 0 Å². The lowest BCUT2D eigenvalue weighted by atomic mass is 10.1. The van der Waals surface area contributed by atoms with Crippen LogP contribution in [0.1, 0.15) is 11.1 Å². The van der Waals surface area contributed by atoms with Gasteiger partial charge >= 0.3 is 0 Å². The molecule has 2 aromatic rings. The second kappa shape index (κ2) is 6.17. The van der Waals surface area contributed by atoms with Crippen molar-refractivity contribution in [2.75, 3.05) is 12.8 Å². The summed E-state index contributed by atoms with van der Waals surface area (Å²) in [6.07, 6.45) is 0. The van der Waals surface area contributed by atoms with Gasteiger partial charge in [-0.25, -0.2) is 0 Å². The fourth-order valence-electron chi connectivity index (χ4n) is 1.69. The Labute approximate surface area is 117 Å². The van der Waals surface area contributed by atoms with Crippen molar-refractivity contribution in [2.24, 2.45) is 0 Å². The van der Waals surface area contributed by atoms with Crippen molar-refractivity contribution in [1.29, 1.82) is 5.26 Å². The van der Waals surface area contributed by atoms with Crippen LogP contribution in [0.4, 0.5) is 5.69 Å². The van der Waals surface area contributed by atoms with Crippen molar-refractivity contribution in [3.8, 4) is 11.8 Å². The summed E-state index contributed by atoms with van der Waals surface area (Å²) in [4.78, 5) is 1.13. The molecule has 0 aromatic heterocycles. The molecule has 0 aliphatic carbocycles. The van der Waals surface area contributed by atoms with Gasteiger partial charge in [0.05, 0.1) is 12.7 Å². The minimum absolute atomic E-state index is 0.556. The van der Waals surface area contributed by atoms with Crippen LogP contribution in [0.3, 0.4) is 0 Å². The van der Waals surface area contributed by atoms with Gasteiger partial charge in [0.1, 0.15) is 11.8 Å². The Kier molecular flexibility index (Phi) is 4.32. The summed E-state index contributed by atoms with van der Waals surface area (Å²) in [5.74, 6) is 1.43. The number of nitriles is 1. The van der Waals surface area contributed by atoms with Crippen molar-refractivity contribution < 1.29 is 4.74 Å². The number of nitrogens with two attached hydrogens (primary N) is 1. The largest absolute Gasteiger partial charge is 0.495 e. The van der Waals surface area contributed by atoms with E-state index in [0.29, 0.717) is 11.3 Å². The van der Waals surface area contributed by atoms with Crippen LogP contribution in [0.2, 0.25) is 0 Å². The van der Waals surface area contributed by atoms with Gasteiger partial charge < -0.3 is 10.5 Å². The maximum atomic E-state index is 8.93. The van der Waals surface area contributed by atoms with E-state index >= 15 is 0 Å². The van der Waals surface area contributed by atoms with Crippen LogP contribution in [0, 0.1) is 11.3 Å². The second-order valence-electron chi connectivity index (χ2n) is 4.01. The van der Waals surface area contributed by atoms with Crippen molar-refractivity contribution in [2.45, 2.75) is 10.6 Å². The first-order valence-electron chi connectivity index (χ1n) is 5.78. The molecule has 4 heteroatoms.